The van der Waals surface area contributed by atoms with Crippen LogP contribution in [0.2, 0.25) is 0 Å². The zero-order chi connectivity index (χ0) is 16.4. The van der Waals surface area contributed by atoms with Crippen LogP contribution in [0.4, 0.5) is 5.95 Å². The van der Waals surface area contributed by atoms with E-state index < -0.39 is 0 Å². The first-order valence-electron chi connectivity index (χ1n) is 6.80. The fourth-order valence-corrected chi connectivity index (χ4v) is 2.90. The predicted octanol–water partition coefficient (Wildman–Crippen LogP) is 3.44. The van der Waals surface area contributed by atoms with Gasteiger partial charge < -0.3 is 14.5 Å². The van der Waals surface area contributed by atoms with Crippen LogP contribution >= 0.6 is 22.6 Å². The van der Waals surface area contributed by atoms with Gasteiger partial charge in [0.25, 0.3) is 5.91 Å². The quantitative estimate of drug-likeness (QED) is 0.631. The highest BCUT2D eigenvalue weighted by molar-refractivity contribution is 14.1. The van der Waals surface area contributed by atoms with E-state index in [2.05, 4.69) is 37.9 Å². The minimum absolute atomic E-state index is 0.269. The molecule has 2 N–H and O–H groups in total. The van der Waals surface area contributed by atoms with Gasteiger partial charge in [0.05, 0.1) is 30.8 Å². The lowest BCUT2D eigenvalue weighted by Crippen LogP contribution is -2.14. The number of anilines is 1. The molecule has 1 heterocycles. The average molecular weight is 423 g/mol. The van der Waals surface area contributed by atoms with Gasteiger partial charge in [-0.05, 0) is 46.9 Å². The number of methoxy groups -OCH3 is 2. The number of ether oxygens (including phenoxy) is 2. The van der Waals surface area contributed by atoms with Gasteiger partial charge in [-0.25, -0.2) is 4.98 Å². The molecule has 3 rings (SSSR count). The molecule has 0 spiro atoms. The molecule has 0 bridgehead atoms. The van der Waals surface area contributed by atoms with Gasteiger partial charge in [0.2, 0.25) is 5.95 Å². The standard InChI is InChI=1S/C16H14IN3O3/c1-22-13-7-9(10(17)8-14(13)23-2)15(21)20-16-18-11-5-3-4-6-12(11)19-16/h3-8H,1-2H3,(H2,18,19,20,21). The first-order valence-corrected chi connectivity index (χ1v) is 7.88. The van der Waals surface area contributed by atoms with Gasteiger partial charge in [-0.15, -0.1) is 0 Å². The largest absolute Gasteiger partial charge is 0.493 e. The van der Waals surface area contributed by atoms with E-state index in [1.54, 1.807) is 19.2 Å². The smallest absolute Gasteiger partial charge is 0.259 e. The summed E-state index contributed by atoms with van der Waals surface area (Å²) in [5.74, 6) is 1.22. The second-order valence-corrected chi connectivity index (χ2v) is 5.91. The highest BCUT2D eigenvalue weighted by Crippen LogP contribution is 2.31. The fraction of sp³-hybridized carbons (Fsp3) is 0.125. The third kappa shape index (κ3) is 3.09. The summed E-state index contributed by atoms with van der Waals surface area (Å²) in [7, 11) is 3.09. The zero-order valence-corrected chi connectivity index (χ0v) is 14.7. The Bertz CT molecular complexity index is 843. The van der Waals surface area contributed by atoms with Crippen LogP contribution in [0, 0.1) is 3.57 Å². The monoisotopic (exact) mass is 423 g/mol. The van der Waals surface area contributed by atoms with E-state index >= 15 is 0 Å². The summed E-state index contributed by atoms with van der Waals surface area (Å²) in [6.07, 6.45) is 0. The minimum atomic E-state index is -0.269. The van der Waals surface area contributed by atoms with Crippen LogP contribution in [0.5, 0.6) is 11.5 Å². The summed E-state index contributed by atoms with van der Waals surface area (Å²) in [5, 5.41) is 2.77. The van der Waals surface area contributed by atoms with E-state index in [9.17, 15) is 4.79 Å². The number of hydrogen-bond acceptors (Lipinski definition) is 4. The molecule has 3 aromatic rings. The lowest BCUT2D eigenvalue weighted by molar-refractivity contribution is 0.102. The van der Waals surface area contributed by atoms with Crippen molar-refractivity contribution >= 4 is 45.5 Å². The maximum atomic E-state index is 12.5. The van der Waals surface area contributed by atoms with Crippen molar-refractivity contribution < 1.29 is 14.3 Å². The van der Waals surface area contributed by atoms with Gasteiger partial charge in [0.15, 0.2) is 11.5 Å². The maximum Gasteiger partial charge on any atom is 0.259 e. The number of aromatic amines is 1. The number of carbonyl (C=O) groups is 1. The molecule has 0 aliphatic rings. The number of imidazole rings is 1. The summed E-state index contributed by atoms with van der Waals surface area (Å²) in [6.45, 7) is 0. The number of aromatic nitrogens is 2. The highest BCUT2D eigenvalue weighted by atomic mass is 127. The van der Waals surface area contributed by atoms with E-state index in [-0.39, 0.29) is 5.91 Å². The Morgan fingerprint density at radius 1 is 1.17 bits per heavy atom. The Kier molecular flexibility index (Phi) is 4.37. The molecule has 7 heteroatoms. The van der Waals surface area contributed by atoms with Crippen molar-refractivity contribution in [3.05, 3.63) is 45.5 Å². The molecule has 0 aliphatic carbocycles. The van der Waals surface area contributed by atoms with Crippen molar-refractivity contribution in [3.63, 3.8) is 0 Å². The average Bonchev–Trinajstić information content (AvgIpc) is 2.96. The summed E-state index contributed by atoms with van der Waals surface area (Å²) >= 11 is 2.09. The number of hydrogen-bond donors (Lipinski definition) is 2. The number of nitrogens with zero attached hydrogens (tertiary/aromatic N) is 1. The molecule has 0 aliphatic heterocycles. The number of benzene rings is 2. The van der Waals surface area contributed by atoms with E-state index in [1.165, 1.54) is 7.11 Å². The fourth-order valence-electron chi connectivity index (χ4n) is 2.22. The molecular weight excluding hydrogens is 409 g/mol. The molecule has 0 saturated carbocycles. The topological polar surface area (TPSA) is 76.2 Å². The number of rotatable bonds is 4. The van der Waals surface area contributed by atoms with Crippen molar-refractivity contribution in [3.8, 4) is 11.5 Å². The van der Waals surface area contributed by atoms with Gasteiger partial charge in [0, 0.05) is 3.57 Å². The van der Waals surface area contributed by atoms with Gasteiger partial charge in [0.1, 0.15) is 0 Å². The van der Waals surface area contributed by atoms with Crippen LogP contribution < -0.4 is 14.8 Å². The first kappa shape index (κ1) is 15.6. The molecule has 0 unspecified atom stereocenters. The van der Waals surface area contributed by atoms with Crippen LogP contribution in [0.1, 0.15) is 10.4 Å². The molecule has 1 amide bonds. The second-order valence-electron chi connectivity index (χ2n) is 4.74. The van der Waals surface area contributed by atoms with Crippen molar-refractivity contribution in [1.82, 2.24) is 9.97 Å². The molecule has 2 aromatic carbocycles. The Morgan fingerprint density at radius 3 is 2.57 bits per heavy atom. The number of amides is 1. The lowest BCUT2D eigenvalue weighted by Gasteiger charge is -2.11. The number of fused-ring (bicyclic) bond motifs is 1. The summed E-state index contributed by atoms with van der Waals surface area (Å²) in [4.78, 5) is 19.9. The predicted molar refractivity (Wildman–Crippen MR) is 96.3 cm³/mol. The van der Waals surface area contributed by atoms with Gasteiger partial charge >= 0.3 is 0 Å². The molecule has 0 saturated heterocycles. The third-order valence-corrected chi connectivity index (χ3v) is 4.23. The molecule has 118 valence electrons. The summed E-state index contributed by atoms with van der Waals surface area (Å²) < 4.78 is 11.2. The molecule has 23 heavy (non-hydrogen) atoms. The van der Waals surface area contributed by atoms with Crippen LogP contribution in [0.3, 0.4) is 0 Å². The number of halogens is 1. The first-order chi connectivity index (χ1) is 11.1. The lowest BCUT2D eigenvalue weighted by atomic mass is 10.2. The van der Waals surface area contributed by atoms with E-state index in [0.717, 1.165) is 14.6 Å². The van der Waals surface area contributed by atoms with Crippen LogP contribution in [-0.4, -0.2) is 30.1 Å². The normalized spacial score (nSPS) is 10.6. The van der Waals surface area contributed by atoms with Crippen molar-refractivity contribution in [1.29, 1.82) is 0 Å². The highest BCUT2D eigenvalue weighted by Gasteiger charge is 2.16. The maximum absolute atomic E-state index is 12.5. The van der Waals surface area contributed by atoms with Crippen LogP contribution in [0.15, 0.2) is 36.4 Å². The number of nitrogens with one attached hydrogen (secondary N) is 2. The van der Waals surface area contributed by atoms with E-state index in [4.69, 9.17) is 9.47 Å². The number of para-hydroxylation sites is 2. The van der Waals surface area contributed by atoms with E-state index in [1.807, 2.05) is 24.3 Å². The van der Waals surface area contributed by atoms with Crippen molar-refractivity contribution in [2.45, 2.75) is 0 Å². The number of carbonyl (C=O) groups excluding carboxylic acids is 1. The molecule has 0 fully saturated rings. The van der Waals surface area contributed by atoms with Crippen LogP contribution in [0.25, 0.3) is 11.0 Å². The van der Waals surface area contributed by atoms with Crippen molar-refractivity contribution in [2.24, 2.45) is 0 Å². The molecule has 1 aromatic heterocycles. The minimum Gasteiger partial charge on any atom is -0.493 e. The molecule has 6 nitrogen and oxygen atoms in total. The summed E-state index contributed by atoms with van der Waals surface area (Å²) in [5.41, 5.74) is 2.15. The molecule has 0 atom stereocenters. The zero-order valence-electron chi connectivity index (χ0n) is 12.5. The summed E-state index contributed by atoms with van der Waals surface area (Å²) in [6, 6.07) is 11.0. The van der Waals surface area contributed by atoms with Gasteiger partial charge in [-0.3, -0.25) is 10.1 Å². The van der Waals surface area contributed by atoms with E-state index in [0.29, 0.717) is 23.0 Å². The van der Waals surface area contributed by atoms with Crippen molar-refractivity contribution in [2.75, 3.05) is 19.5 Å². The molecule has 0 radical (unpaired) electrons. The Morgan fingerprint density at radius 2 is 1.87 bits per heavy atom. The van der Waals surface area contributed by atoms with Gasteiger partial charge in [-0.1, -0.05) is 12.1 Å². The number of H-pyrrole nitrogens is 1. The van der Waals surface area contributed by atoms with Crippen LogP contribution in [-0.2, 0) is 0 Å². The second kappa shape index (κ2) is 6.45. The Balaban J connectivity index is 1.90. The van der Waals surface area contributed by atoms with Gasteiger partial charge in [-0.2, -0.15) is 0 Å². The third-order valence-electron chi connectivity index (χ3n) is 3.34. The Hall–Kier alpha value is -2.29. The molecular formula is C16H14IN3O3. The Labute approximate surface area is 146 Å². The SMILES string of the molecule is COc1cc(I)c(C(=O)Nc2nc3ccccc3[nH]2)cc1OC.